The normalized spacial score (nSPS) is 13.6. The minimum absolute atomic E-state index is 0.0246. The highest BCUT2D eigenvalue weighted by molar-refractivity contribution is 7.86. The lowest BCUT2D eigenvalue weighted by atomic mass is 10.1. The molecule has 0 aromatic carbocycles. The molecule has 0 rings (SSSR count). The van der Waals surface area contributed by atoms with Crippen molar-refractivity contribution in [2.24, 2.45) is 0 Å². The first kappa shape index (κ1) is 13.1. The molecule has 82 valence electrons. The lowest BCUT2D eigenvalue weighted by Crippen LogP contribution is -2.27. The van der Waals surface area contributed by atoms with Crippen molar-refractivity contribution in [1.82, 2.24) is 0 Å². The lowest BCUT2D eigenvalue weighted by molar-refractivity contribution is -0.132. The number of carboxylic acids is 1. The van der Waals surface area contributed by atoms with E-state index in [-0.39, 0.29) is 13.0 Å². The van der Waals surface area contributed by atoms with Crippen LogP contribution in [0.1, 0.15) is 6.42 Å². The summed E-state index contributed by atoms with van der Waals surface area (Å²) in [6.45, 7) is 3.10. The van der Waals surface area contributed by atoms with Crippen molar-refractivity contribution in [3.05, 3.63) is 12.2 Å². The molecule has 0 heterocycles. The number of carboxylic acid groups (broad SMARTS) is 1. The molecule has 0 spiro atoms. The van der Waals surface area contributed by atoms with Crippen LogP contribution in [0.5, 0.6) is 0 Å². The van der Waals surface area contributed by atoms with Gasteiger partial charge in [0.1, 0.15) is 5.25 Å². The van der Waals surface area contributed by atoms with Crippen molar-refractivity contribution in [3.63, 3.8) is 0 Å². The van der Waals surface area contributed by atoms with Crippen LogP contribution in [-0.4, -0.2) is 43.0 Å². The Morgan fingerprint density at radius 1 is 1.57 bits per heavy atom. The molecule has 7 heteroatoms. The summed E-state index contributed by atoms with van der Waals surface area (Å²) < 4.78 is 34.8. The third-order valence-corrected chi connectivity index (χ3v) is 2.85. The standard InChI is InChI=1S/C7H12O6S/c1-5(7(8)9)6(3-4-13-2)14(10,11)12/h6H,1,3-4H2,2H3,(H,8,9)(H,10,11,12). The van der Waals surface area contributed by atoms with Gasteiger partial charge in [0, 0.05) is 13.7 Å². The zero-order chi connectivity index (χ0) is 11.4. The molecule has 0 saturated carbocycles. The second-order valence-electron chi connectivity index (χ2n) is 2.62. The molecule has 0 aliphatic heterocycles. The van der Waals surface area contributed by atoms with Crippen LogP contribution in [0.3, 0.4) is 0 Å². The minimum Gasteiger partial charge on any atom is -0.478 e. The van der Waals surface area contributed by atoms with Crippen molar-refractivity contribution in [1.29, 1.82) is 0 Å². The van der Waals surface area contributed by atoms with E-state index < -0.39 is 26.9 Å². The zero-order valence-corrected chi connectivity index (χ0v) is 8.45. The largest absolute Gasteiger partial charge is 0.478 e. The molecule has 0 aromatic rings. The third kappa shape index (κ3) is 3.86. The van der Waals surface area contributed by atoms with Crippen LogP contribution >= 0.6 is 0 Å². The summed E-state index contributed by atoms with van der Waals surface area (Å²) in [4.78, 5) is 10.4. The Labute approximate surface area is 81.9 Å². The third-order valence-electron chi connectivity index (χ3n) is 1.61. The van der Waals surface area contributed by atoms with Crippen LogP contribution in [0.2, 0.25) is 0 Å². The van der Waals surface area contributed by atoms with E-state index in [0.29, 0.717) is 0 Å². The van der Waals surface area contributed by atoms with Crippen LogP contribution in [0.4, 0.5) is 0 Å². The van der Waals surface area contributed by atoms with Gasteiger partial charge in [0.2, 0.25) is 0 Å². The number of rotatable bonds is 6. The fourth-order valence-corrected chi connectivity index (χ4v) is 1.72. The molecule has 6 nitrogen and oxygen atoms in total. The Kier molecular flexibility index (Phi) is 4.75. The Balaban J connectivity index is 4.74. The van der Waals surface area contributed by atoms with Gasteiger partial charge in [-0.15, -0.1) is 0 Å². The maximum absolute atomic E-state index is 10.8. The molecule has 0 radical (unpaired) electrons. The maximum atomic E-state index is 10.8. The molecule has 0 amide bonds. The van der Waals surface area contributed by atoms with Gasteiger partial charge in [-0.1, -0.05) is 6.58 Å². The predicted molar refractivity (Wildman–Crippen MR) is 48.6 cm³/mol. The van der Waals surface area contributed by atoms with Crippen molar-refractivity contribution in [2.75, 3.05) is 13.7 Å². The number of methoxy groups -OCH3 is 1. The molecular weight excluding hydrogens is 212 g/mol. The Morgan fingerprint density at radius 2 is 2.07 bits per heavy atom. The second kappa shape index (κ2) is 5.08. The Bertz CT molecular complexity index is 317. The Morgan fingerprint density at radius 3 is 2.36 bits per heavy atom. The summed E-state index contributed by atoms with van der Waals surface area (Å²) >= 11 is 0. The topological polar surface area (TPSA) is 101 Å². The molecule has 0 fully saturated rings. The number of hydrogen-bond donors (Lipinski definition) is 2. The van der Waals surface area contributed by atoms with Crippen LogP contribution in [-0.2, 0) is 19.6 Å². The molecular formula is C7H12O6S. The van der Waals surface area contributed by atoms with Gasteiger partial charge in [-0.3, -0.25) is 4.55 Å². The zero-order valence-electron chi connectivity index (χ0n) is 7.63. The summed E-state index contributed by atoms with van der Waals surface area (Å²) in [5.74, 6) is -1.45. The highest BCUT2D eigenvalue weighted by atomic mass is 32.2. The molecule has 2 N–H and O–H groups in total. The molecule has 14 heavy (non-hydrogen) atoms. The molecule has 0 bridgehead atoms. The van der Waals surface area contributed by atoms with E-state index in [1.807, 2.05) is 0 Å². The van der Waals surface area contributed by atoms with Gasteiger partial charge in [0.05, 0.1) is 5.57 Å². The summed E-state index contributed by atoms with van der Waals surface area (Å²) in [6, 6.07) is 0. The molecule has 0 saturated heterocycles. The van der Waals surface area contributed by atoms with Gasteiger partial charge in [0.25, 0.3) is 10.1 Å². The van der Waals surface area contributed by atoms with E-state index in [4.69, 9.17) is 9.66 Å². The van der Waals surface area contributed by atoms with E-state index in [0.717, 1.165) is 0 Å². The number of ether oxygens (including phenoxy) is 1. The van der Waals surface area contributed by atoms with E-state index >= 15 is 0 Å². The first-order chi connectivity index (χ1) is 6.30. The van der Waals surface area contributed by atoms with Gasteiger partial charge in [-0.25, -0.2) is 4.79 Å². The van der Waals surface area contributed by atoms with E-state index in [1.165, 1.54) is 7.11 Å². The first-order valence-electron chi connectivity index (χ1n) is 3.68. The average Bonchev–Trinajstić information content (AvgIpc) is 2.02. The molecule has 1 atom stereocenters. The van der Waals surface area contributed by atoms with Crippen LogP contribution in [0.25, 0.3) is 0 Å². The van der Waals surface area contributed by atoms with Crippen molar-refractivity contribution >= 4 is 16.1 Å². The highest BCUT2D eigenvalue weighted by Crippen LogP contribution is 2.13. The minimum atomic E-state index is -4.44. The van der Waals surface area contributed by atoms with Gasteiger partial charge < -0.3 is 9.84 Å². The maximum Gasteiger partial charge on any atom is 0.332 e. The van der Waals surface area contributed by atoms with Crippen LogP contribution in [0, 0.1) is 0 Å². The van der Waals surface area contributed by atoms with Gasteiger partial charge >= 0.3 is 5.97 Å². The molecule has 0 aliphatic carbocycles. The summed E-state index contributed by atoms with van der Waals surface area (Å²) in [5, 5.41) is 6.99. The molecule has 0 aliphatic rings. The molecule has 1 unspecified atom stereocenters. The SMILES string of the molecule is C=C(C(=O)O)C(CCOC)S(=O)(=O)O. The van der Waals surface area contributed by atoms with E-state index in [2.05, 4.69) is 11.3 Å². The summed E-state index contributed by atoms with van der Waals surface area (Å²) in [6.07, 6.45) is -0.138. The van der Waals surface area contributed by atoms with Crippen molar-refractivity contribution in [3.8, 4) is 0 Å². The molecule has 0 aromatic heterocycles. The van der Waals surface area contributed by atoms with Crippen molar-refractivity contribution < 1.29 is 27.6 Å². The van der Waals surface area contributed by atoms with Gasteiger partial charge in [0.15, 0.2) is 0 Å². The monoisotopic (exact) mass is 224 g/mol. The predicted octanol–water partition coefficient (Wildman–Crippen LogP) is -0.0799. The smallest absolute Gasteiger partial charge is 0.332 e. The fourth-order valence-electron chi connectivity index (χ4n) is 0.866. The number of hydrogen-bond acceptors (Lipinski definition) is 4. The van der Waals surface area contributed by atoms with Crippen LogP contribution < -0.4 is 0 Å². The number of aliphatic carboxylic acids is 1. The van der Waals surface area contributed by atoms with Gasteiger partial charge in [-0.2, -0.15) is 8.42 Å². The fraction of sp³-hybridized carbons (Fsp3) is 0.571. The quantitative estimate of drug-likeness (QED) is 0.483. The van der Waals surface area contributed by atoms with E-state index in [9.17, 15) is 13.2 Å². The first-order valence-corrected chi connectivity index (χ1v) is 5.18. The lowest BCUT2D eigenvalue weighted by Gasteiger charge is -2.12. The summed E-state index contributed by atoms with van der Waals surface area (Å²) in [7, 11) is -3.10. The second-order valence-corrected chi connectivity index (χ2v) is 4.21. The highest BCUT2D eigenvalue weighted by Gasteiger charge is 2.29. The van der Waals surface area contributed by atoms with Gasteiger partial charge in [-0.05, 0) is 6.42 Å². The van der Waals surface area contributed by atoms with Crippen LogP contribution in [0.15, 0.2) is 12.2 Å². The van der Waals surface area contributed by atoms with E-state index in [1.54, 1.807) is 0 Å². The number of carbonyl (C=O) groups is 1. The van der Waals surface area contributed by atoms with Crippen molar-refractivity contribution in [2.45, 2.75) is 11.7 Å². The summed E-state index contributed by atoms with van der Waals surface area (Å²) in [5.41, 5.74) is -0.565. The Hall–Kier alpha value is -0.920. The average molecular weight is 224 g/mol.